The van der Waals surface area contributed by atoms with Crippen molar-refractivity contribution >= 4 is 15.9 Å². The number of furan rings is 1. The third kappa shape index (κ3) is 3.84. The molecule has 0 radical (unpaired) electrons. The van der Waals surface area contributed by atoms with Crippen LogP contribution in [0.15, 0.2) is 16.5 Å². The van der Waals surface area contributed by atoms with Crippen molar-refractivity contribution < 1.29 is 17.6 Å². The fourth-order valence-corrected chi connectivity index (χ4v) is 3.46. The van der Waals surface area contributed by atoms with E-state index in [9.17, 15) is 13.2 Å². The Kier molecular flexibility index (Phi) is 5.02. The first-order chi connectivity index (χ1) is 9.96. The number of carbonyl (C=O) groups excluding carboxylic acids is 1. The largest absolute Gasteiger partial charge is 0.455 e. The highest BCUT2D eigenvalue weighted by Crippen LogP contribution is 2.15. The zero-order valence-electron chi connectivity index (χ0n) is 12.0. The Hall–Kier alpha value is -1.38. The van der Waals surface area contributed by atoms with E-state index in [-0.39, 0.29) is 30.0 Å². The Labute approximate surface area is 124 Å². The van der Waals surface area contributed by atoms with Gasteiger partial charge in [0, 0.05) is 19.1 Å². The standard InChI is InChI=1S/C13H21N3O4S/c1-2-21(18,19)16-7-5-10(6-8-16)15-13(17)12-4-3-11(9-14)20-12/h3-4,10H,2,5-9,14H2,1H3,(H,15,17). The van der Waals surface area contributed by atoms with Gasteiger partial charge in [-0.05, 0) is 31.9 Å². The Morgan fingerprint density at radius 2 is 2.10 bits per heavy atom. The fourth-order valence-electron chi connectivity index (χ4n) is 2.33. The van der Waals surface area contributed by atoms with Crippen molar-refractivity contribution in [3.63, 3.8) is 0 Å². The summed E-state index contributed by atoms with van der Waals surface area (Å²) in [6, 6.07) is 3.23. The van der Waals surface area contributed by atoms with Gasteiger partial charge in [-0.3, -0.25) is 4.79 Å². The predicted molar refractivity (Wildman–Crippen MR) is 78.1 cm³/mol. The maximum absolute atomic E-state index is 12.0. The van der Waals surface area contributed by atoms with Crippen molar-refractivity contribution in [1.82, 2.24) is 9.62 Å². The Morgan fingerprint density at radius 3 is 2.62 bits per heavy atom. The lowest BCUT2D eigenvalue weighted by molar-refractivity contribution is 0.0894. The summed E-state index contributed by atoms with van der Waals surface area (Å²) in [5, 5.41) is 2.87. The van der Waals surface area contributed by atoms with Crippen molar-refractivity contribution in [2.75, 3.05) is 18.8 Å². The van der Waals surface area contributed by atoms with Crippen LogP contribution in [0.5, 0.6) is 0 Å². The number of nitrogens with two attached hydrogens (primary N) is 1. The molecule has 0 unspecified atom stereocenters. The van der Waals surface area contributed by atoms with E-state index in [0.29, 0.717) is 31.7 Å². The molecule has 2 heterocycles. The van der Waals surface area contributed by atoms with Crippen LogP contribution in [0.2, 0.25) is 0 Å². The minimum atomic E-state index is -3.14. The van der Waals surface area contributed by atoms with Crippen molar-refractivity contribution in [2.24, 2.45) is 5.73 Å². The van der Waals surface area contributed by atoms with Crippen molar-refractivity contribution in [1.29, 1.82) is 0 Å². The zero-order valence-corrected chi connectivity index (χ0v) is 12.9. The van der Waals surface area contributed by atoms with Gasteiger partial charge >= 0.3 is 0 Å². The van der Waals surface area contributed by atoms with Crippen molar-refractivity contribution in [3.05, 3.63) is 23.7 Å². The third-order valence-electron chi connectivity index (χ3n) is 3.63. The van der Waals surface area contributed by atoms with Crippen LogP contribution in [0.25, 0.3) is 0 Å². The molecule has 1 aromatic rings. The van der Waals surface area contributed by atoms with Crippen LogP contribution in [-0.2, 0) is 16.6 Å². The van der Waals surface area contributed by atoms with Gasteiger partial charge in [0.15, 0.2) is 5.76 Å². The number of amides is 1. The number of nitrogens with one attached hydrogen (secondary N) is 1. The van der Waals surface area contributed by atoms with E-state index < -0.39 is 10.0 Å². The summed E-state index contributed by atoms with van der Waals surface area (Å²) < 4.78 is 30.3. The average molecular weight is 315 g/mol. The number of rotatable bonds is 5. The van der Waals surface area contributed by atoms with Gasteiger partial charge in [-0.25, -0.2) is 12.7 Å². The molecule has 1 aliphatic rings. The molecular formula is C13H21N3O4S. The minimum Gasteiger partial charge on any atom is -0.455 e. The van der Waals surface area contributed by atoms with Crippen LogP contribution < -0.4 is 11.1 Å². The maximum atomic E-state index is 12.0. The van der Waals surface area contributed by atoms with Gasteiger partial charge in [0.25, 0.3) is 5.91 Å². The van der Waals surface area contributed by atoms with E-state index in [1.807, 2.05) is 0 Å². The summed E-state index contributed by atoms with van der Waals surface area (Å²) in [7, 11) is -3.14. The number of hydrogen-bond acceptors (Lipinski definition) is 5. The average Bonchev–Trinajstić information content (AvgIpc) is 2.97. The van der Waals surface area contributed by atoms with E-state index in [2.05, 4.69) is 5.32 Å². The highest BCUT2D eigenvalue weighted by atomic mass is 32.2. The van der Waals surface area contributed by atoms with E-state index in [0.717, 1.165) is 0 Å². The number of hydrogen-bond donors (Lipinski definition) is 2. The molecule has 0 saturated carbocycles. The molecule has 0 aromatic carbocycles. The molecule has 2 rings (SSSR count). The molecule has 7 nitrogen and oxygen atoms in total. The van der Waals surface area contributed by atoms with Gasteiger partial charge in [-0.15, -0.1) is 0 Å². The van der Waals surface area contributed by atoms with Gasteiger partial charge in [0.1, 0.15) is 5.76 Å². The summed E-state index contributed by atoms with van der Waals surface area (Å²) in [5.74, 6) is 0.618. The lowest BCUT2D eigenvalue weighted by atomic mass is 10.1. The molecular weight excluding hydrogens is 294 g/mol. The summed E-state index contributed by atoms with van der Waals surface area (Å²) in [5.41, 5.74) is 5.43. The molecule has 1 amide bonds. The molecule has 0 atom stereocenters. The predicted octanol–water partition coefficient (Wildman–Crippen LogP) is 0.282. The van der Waals surface area contributed by atoms with Crippen molar-refractivity contribution in [2.45, 2.75) is 32.4 Å². The van der Waals surface area contributed by atoms with Crippen LogP contribution in [0.1, 0.15) is 36.1 Å². The van der Waals surface area contributed by atoms with Crippen LogP contribution in [0, 0.1) is 0 Å². The molecule has 21 heavy (non-hydrogen) atoms. The Bertz CT molecular complexity index is 588. The SMILES string of the molecule is CCS(=O)(=O)N1CCC(NC(=O)c2ccc(CN)o2)CC1. The van der Waals surface area contributed by atoms with Gasteiger partial charge < -0.3 is 15.5 Å². The third-order valence-corrected chi connectivity index (χ3v) is 5.52. The van der Waals surface area contributed by atoms with Gasteiger partial charge in [-0.2, -0.15) is 0 Å². The highest BCUT2D eigenvalue weighted by molar-refractivity contribution is 7.89. The minimum absolute atomic E-state index is 0.0350. The summed E-state index contributed by atoms with van der Waals surface area (Å²) in [6.07, 6.45) is 1.21. The van der Waals surface area contributed by atoms with Crippen LogP contribution in [0.4, 0.5) is 0 Å². The molecule has 1 aliphatic heterocycles. The molecule has 0 bridgehead atoms. The summed E-state index contributed by atoms with van der Waals surface area (Å²) in [6.45, 7) is 2.76. The first-order valence-corrected chi connectivity index (χ1v) is 8.64. The smallest absolute Gasteiger partial charge is 0.287 e. The summed E-state index contributed by atoms with van der Waals surface area (Å²) >= 11 is 0. The Balaban J connectivity index is 1.87. The molecule has 0 spiro atoms. The van der Waals surface area contributed by atoms with Gasteiger partial charge in [0.05, 0.1) is 12.3 Å². The molecule has 1 fully saturated rings. The first-order valence-electron chi connectivity index (χ1n) is 7.03. The monoisotopic (exact) mass is 315 g/mol. The number of nitrogens with zero attached hydrogens (tertiary/aromatic N) is 1. The van der Waals surface area contributed by atoms with E-state index in [1.54, 1.807) is 19.1 Å². The second-order valence-corrected chi connectivity index (χ2v) is 7.28. The Morgan fingerprint density at radius 1 is 1.43 bits per heavy atom. The second-order valence-electron chi connectivity index (χ2n) is 5.02. The molecule has 1 aromatic heterocycles. The zero-order chi connectivity index (χ0) is 15.5. The fraction of sp³-hybridized carbons (Fsp3) is 0.615. The number of sulfonamides is 1. The van der Waals surface area contributed by atoms with Gasteiger partial charge in [0.2, 0.25) is 10.0 Å². The molecule has 1 saturated heterocycles. The van der Waals surface area contributed by atoms with E-state index in [1.165, 1.54) is 4.31 Å². The summed E-state index contributed by atoms with van der Waals surface area (Å²) in [4.78, 5) is 12.0. The van der Waals surface area contributed by atoms with Crippen LogP contribution in [-0.4, -0.2) is 43.5 Å². The molecule has 0 aliphatic carbocycles. The highest BCUT2D eigenvalue weighted by Gasteiger charge is 2.27. The van der Waals surface area contributed by atoms with Crippen molar-refractivity contribution in [3.8, 4) is 0 Å². The maximum Gasteiger partial charge on any atom is 0.287 e. The van der Waals surface area contributed by atoms with Crippen LogP contribution >= 0.6 is 0 Å². The molecule has 118 valence electrons. The lowest BCUT2D eigenvalue weighted by Gasteiger charge is -2.31. The number of piperidine rings is 1. The normalized spacial score (nSPS) is 17.8. The van der Waals surface area contributed by atoms with Gasteiger partial charge in [-0.1, -0.05) is 0 Å². The first kappa shape index (κ1) is 16.0. The second kappa shape index (κ2) is 6.59. The molecule has 8 heteroatoms. The van der Waals surface area contributed by atoms with E-state index >= 15 is 0 Å². The topological polar surface area (TPSA) is 106 Å². The molecule has 3 N–H and O–H groups in total. The van der Waals surface area contributed by atoms with Crippen LogP contribution in [0.3, 0.4) is 0 Å². The number of carbonyl (C=O) groups is 1. The van der Waals surface area contributed by atoms with E-state index in [4.69, 9.17) is 10.2 Å². The quantitative estimate of drug-likeness (QED) is 0.812. The lowest BCUT2D eigenvalue weighted by Crippen LogP contribution is -2.46.